The number of pyridine rings is 2. The predicted octanol–water partition coefficient (Wildman–Crippen LogP) is 7.59. The van der Waals surface area contributed by atoms with Gasteiger partial charge in [-0.1, -0.05) is 56.6 Å². The number of imidazole rings is 1. The van der Waals surface area contributed by atoms with Gasteiger partial charge in [-0.3, -0.25) is 0 Å². The predicted molar refractivity (Wildman–Crippen MR) is 196 cm³/mol. The molecule has 0 N–H and O–H groups in total. The Morgan fingerprint density at radius 3 is 2.46 bits per heavy atom. The number of fused-ring (bicyclic) bond motifs is 1. The molecule has 0 saturated carbocycles. The van der Waals surface area contributed by atoms with Gasteiger partial charge in [0.2, 0.25) is 5.88 Å². The summed E-state index contributed by atoms with van der Waals surface area (Å²) in [6.45, 7) is 12.8. The molecule has 0 fully saturated rings. The van der Waals surface area contributed by atoms with Gasteiger partial charge in [-0.25, -0.2) is 19.2 Å². The van der Waals surface area contributed by atoms with Crippen LogP contribution in [-0.2, 0) is 19.5 Å². The number of aromatic nitrogens is 6. The largest absolute Gasteiger partial charge is 0.872 e. The molecule has 7 rings (SSSR count). The van der Waals surface area contributed by atoms with E-state index in [4.69, 9.17) is 19.2 Å². The van der Waals surface area contributed by atoms with Gasteiger partial charge in [0, 0.05) is 43.6 Å². The zero-order chi connectivity index (χ0) is 34.8. The van der Waals surface area contributed by atoms with Gasteiger partial charge in [0.1, 0.15) is 17.3 Å². The highest BCUT2D eigenvalue weighted by Gasteiger charge is 2.19. The van der Waals surface area contributed by atoms with Crippen molar-refractivity contribution in [1.82, 2.24) is 24.3 Å². The quantitative estimate of drug-likeness (QED) is 0.0973. The number of aryl methyl sites for hydroxylation is 2. The van der Waals surface area contributed by atoms with E-state index in [9.17, 15) is 5.11 Å². The number of hydrogen-bond donors (Lipinski definition) is 0. The normalized spacial score (nSPS) is 11.8. The zero-order valence-electron chi connectivity index (χ0n) is 29.3. The Bertz CT molecular complexity index is 2250. The smallest absolute Gasteiger partial charge is 0.213 e. The Kier molecular flexibility index (Phi) is 9.11. The summed E-state index contributed by atoms with van der Waals surface area (Å²) in [7, 11) is -1.21. The minimum absolute atomic E-state index is 0.0806. The summed E-state index contributed by atoms with van der Waals surface area (Å²) in [5.74, 6) is 2.74. The molecule has 254 valence electrons. The second kappa shape index (κ2) is 13.8. The van der Waals surface area contributed by atoms with Crippen LogP contribution < -0.4 is 14.4 Å². The monoisotopic (exact) mass is 682 g/mol. The molecule has 10 heteroatoms. The lowest BCUT2D eigenvalue weighted by Gasteiger charge is -2.17. The summed E-state index contributed by atoms with van der Waals surface area (Å²) in [6.07, 6.45) is 6.68. The second-order valence-electron chi connectivity index (χ2n) is 13.9. The van der Waals surface area contributed by atoms with Crippen molar-refractivity contribution in [3.05, 3.63) is 126 Å². The molecule has 0 aliphatic rings. The van der Waals surface area contributed by atoms with E-state index in [1.54, 1.807) is 6.07 Å². The van der Waals surface area contributed by atoms with Gasteiger partial charge < -0.3 is 18.8 Å². The lowest BCUT2D eigenvalue weighted by Crippen LogP contribution is -2.32. The molecule has 0 aliphatic carbocycles. The van der Waals surface area contributed by atoms with Crippen molar-refractivity contribution in [2.45, 2.75) is 59.0 Å². The van der Waals surface area contributed by atoms with Crippen molar-refractivity contribution < 1.29 is 18.8 Å². The van der Waals surface area contributed by atoms with Gasteiger partial charge in [0.15, 0.2) is 24.7 Å². The second-order valence-corrected chi connectivity index (χ2v) is 19.6. The van der Waals surface area contributed by atoms with Crippen LogP contribution in [-0.4, -0.2) is 39.0 Å². The van der Waals surface area contributed by atoms with Gasteiger partial charge in [-0.05, 0) is 67.4 Å². The molecule has 5 aromatic heterocycles. The van der Waals surface area contributed by atoms with Gasteiger partial charge in [0.05, 0.1) is 35.6 Å². The first-order valence-corrected chi connectivity index (χ1v) is 20.8. The standard InChI is InChI=1S/C40H42N6O3Si/c1-6-31-23-36(38-16-10-28(2)49-38)46(43-31)32-13-14-35-34(24-32)42-40(33-22-29(11-15-37(33)47)26-44-18-8-7-9-19-44)45(35)27-30-12-17-39(41-25-30)48-20-21-50(3,4)5/h7-19,22-25H,6,20-21,26-27H2,1-5H3. The highest BCUT2D eigenvalue weighted by Crippen LogP contribution is 2.34. The summed E-state index contributed by atoms with van der Waals surface area (Å²) in [6, 6.07) is 28.7. The topological polar surface area (TPSA) is 97.8 Å². The number of ether oxygens (including phenoxy) is 1. The van der Waals surface area contributed by atoms with Crippen molar-refractivity contribution in [2.75, 3.05) is 6.61 Å². The molecule has 5 heterocycles. The van der Waals surface area contributed by atoms with Crippen LogP contribution in [0.4, 0.5) is 0 Å². The Balaban J connectivity index is 1.29. The minimum atomic E-state index is -1.21. The third-order valence-corrected chi connectivity index (χ3v) is 10.5. The lowest BCUT2D eigenvalue weighted by molar-refractivity contribution is -0.688. The van der Waals surface area contributed by atoms with E-state index in [0.717, 1.165) is 63.2 Å². The van der Waals surface area contributed by atoms with E-state index in [-0.39, 0.29) is 5.75 Å². The fourth-order valence-electron chi connectivity index (χ4n) is 6.00. The highest BCUT2D eigenvalue weighted by atomic mass is 28.3. The summed E-state index contributed by atoms with van der Waals surface area (Å²) >= 11 is 0. The molecule has 2 aromatic carbocycles. The van der Waals surface area contributed by atoms with E-state index in [1.807, 2.05) is 96.9 Å². The van der Waals surface area contributed by atoms with E-state index in [2.05, 4.69) is 52.8 Å². The van der Waals surface area contributed by atoms with Crippen molar-refractivity contribution >= 4 is 19.1 Å². The molecular weight excluding hydrogens is 641 g/mol. The van der Waals surface area contributed by atoms with Crippen LogP contribution in [0.1, 0.15) is 29.5 Å². The van der Waals surface area contributed by atoms with Gasteiger partial charge in [-0.2, -0.15) is 5.10 Å². The average molecular weight is 683 g/mol. The van der Waals surface area contributed by atoms with Crippen LogP contribution in [0, 0.1) is 6.92 Å². The summed E-state index contributed by atoms with van der Waals surface area (Å²) in [4.78, 5) is 9.76. The maximum atomic E-state index is 13.5. The van der Waals surface area contributed by atoms with Crippen LogP contribution in [0.2, 0.25) is 25.7 Å². The van der Waals surface area contributed by atoms with Crippen molar-refractivity contribution in [2.24, 2.45) is 0 Å². The third-order valence-electron chi connectivity index (χ3n) is 8.76. The Labute approximate surface area is 293 Å². The summed E-state index contributed by atoms with van der Waals surface area (Å²) < 4.78 is 18.1. The molecule has 7 aromatic rings. The maximum absolute atomic E-state index is 13.5. The maximum Gasteiger partial charge on any atom is 0.213 e. The molecule has 0 bridgehead atoms. The highest BCUT2D eigenvalue weighted by molar-refractivity contribution is 6.76. The average Bonchev–Trinajstić information content (AvgIpc) is 3.83. The molecule has 0 unspecified atom stereocenters. The zero-order valence-corrected chi connectivity index (χ0v) is 30.3. The van der Waals surface area contributed by atoms with Crippen LogP contribution in [0.5, 0.6) is 11.6 Å². The molecule has 9 nitrogen and oxygen atoms in total. The Hall–Kier alpha value is -5.48. The van der Waals surface area contributed by atoms with E-state index in [0.29, 0.717) is 37.0 Å². The molecule has 0 saturated heterocycles. The first-order chi connectivity index (χ1) is 24.1. The first-order valence-electron chi connectivity index (χ1n) is 17.1. The summed E-state index contributed by atoms with van der Waals surface area (Å²) in [5.41, 5.74) is 6.90. The molecular formula is C40H42N6O3Si. The fraction of sp³-hybridized carbons (Fsp3) is 0.250. The molecule has 50 heavy (non-hydrogen) atoms. The Morgan fingerprint density at radius 2 is 1.74 bits per heavy atom. The molecule has 0 aliphatic heterocycles. The number of nitrogens with zero attached hydrogens (tertiary/aromatic N) is 6. The molecule has 0 amide bonds. The molecule has 0 spiro atoms. The fourth-order valence-corrected chi connectivity index (χ4v) is 6.71. The van der Waals surface area contributed by atoms with Crippen molar-refractivity contribution in [1.29, 1.82) is 0 Å². The minimum Gasteiger partial charge on any atom is -0.872 e. The van der Waals surface area contributed by atoms with Crippen LogP contribution >= 0.6 is 0 Å². The van der Waals surface area contributed by atoms with Crippen LogP contribution in [0.15, 0.2) is 108 Å². The van der Waals surface area contributed by atoms with Gasteiger partial charge in [0.25, 0.3) is 0 Å². The molecule has 0 radical (unpaired) electrons. The van der Waals surface area contributed by atoms with E-state index in [1.165, 1.54) is 0 Å². The molecule has 0 atom stereocenters. The third kappa shape index (κ3) is 7.25. The lowest BCUT2D eigenvalue weighted by atomic mass is 10.1. The van der Waals surface area contributed by atoms with Crippen LogP contribution in [0.25, 0.3) is 39.6 Å². The number of hydrogen-bond acceptors (Lipinski definition) is 6. The SMILES string of the molecule is CCc1cc(-c2ccc(C)o2)n(-c2ccc3c(c2)nc(-c2cc(C[n+]4ccccc4)ccc2[O-])n3Cc2ccc(OCC[Si](C)(C)C)nc2)n1. The summed E-state index contributed by atoms with van der Waals surface area (Å²) in [5, 5.41) is 18.4. The number of rotatable bonds is 12. The van der Waals surface area contributed by atoms with Crippen molar-refractivity contribution in [3.63, 3.8) is 0 Å². The van der Waals surface area contributed by atoms with E-state index < -0.39 is 8.07 Å². The van der Waals surface area contributed by atoms with Gasteiger partial charge in [-0.15, -0.1) is 0 Å². The van der Waals surface area contributed by atoms with Crippen LogP contribution in [0.3, 0.4) is 0 Å². The Morgan fingerprint density at radius 1 is 0.920 bits per heavy atom. The van der Waals surface area contributed by atoms with Crippen molar-refractivity contribution in [3.8, 4) is 40.2 Å². The first kappa shape index (κ1) is 33.0. The number of furan rings is 1. The van der Waals surface area contributed by atoms with Gasteiger partial charge >= 0.3 is 0 Å². The van der Waals surface area contributed by atoms with E-state index >= 15 is 0 Å². The number of benzene rings is 2.